The van der Waals surface area contributed by atoms with Crippen molar-refractivity contribution in [1.29, 1.82) is 0 Å². The van der Waals surface area contributed by atoms with Crippen LogP contribution in [-0.2, 0) is 14.8 Å². The quantitative estimate of drug-likeness (QED) is 0.922. The van der Waals surface area contributed by atoms with E-state index in [1.165, 1.54) is 23.9 Å². The van der Waals surface area contributed by atoms with E-state index in [-0.39, 0.29) is 16.0 Å². The van der Waals surface area contributed by atoms with Crippen LogP contribution in [0.5, 0.6) is 0 Å². The average Bonchev–Trinajstić information content (AvgIpc) is 2.75. The molecule has 1 aromatic carbocycles. The number of hydrogen-bond acceptors (Lipinski definition) is 4. The topological polar surface area (TPSA) is 75.6 Å². The maximum atomic E-state index is 12.2. The van der Waals surface area contributed by atoms with E-state index in [9.17, 15) is 13.2 Å². The Kier molecular flexibility index (Phi) is 4.43. The van der Waals surface area contributed by atoms with Crippen LogP contribution < -0.4 is 5.32 Å². The monoisotopic (exact) mass is 326 g/mol. The molecule has 0 radical (unpaired) electrons. The number of nitrogens with one attached hydrogen (secondary N) is 1. The molecule has 1 saturated heterocycles. The Morgan fingerprint density at radius 3 is 2.24 bits per heavy atom. The van der Waals surface area contributed by atoms with E-state index in [4.69, 9.17) is 0 Å². The first-order chi connectivity index (χ1) is 9.83. The lowest BCUT2D eigenvalue weighted by Crippen LogP contribution is -2.35. The van der Waals surface area contributed by atoms with E-state index < -0.39 is 14.8 Å². The first kappa shape index (κ1) is 16.0. The van der Waals surface area contributed by atoms with Crippen molar-refractivity contribution in [3.8, 4) is 0 Å². The minimum Gasteiger partial charge on any atom is -0.303 e. The Hall–Kier alpha value is -1.34. The van der Waals surface area contributed by atoms with Crippen LogP contribution in [0.4, 0.5) is 0 Å². The van der Waals surface area contributed by atoms with Gasteiger partial charge in [0.05, 0.1) is 4.90 Å². The zero-order valence-corrected chi connectivity index (χ0v) is 13.8. The Morgan fingerprint density at radius 1 is 1.19 bits per heavy atom. The van der Waals surface area contributed by atoms with Crippen molar-refractivity contribution >= 4 is 32.9 Å². The van der Waals surface area contributed by atoms with Gasteiger partial charge in [0.25, 0.3) is 10.0 Å². The van der Waals surface area contributed by atoms with Gasteiger partial charge in [-0.25, -0.2) is 0 Å². The molecule has 0 aromatic heterocycles. The summed E-state index contributed by atoms with van der Waals surface area (Å²) in [5.41, 5.74) is 0.973. The lowest BCUT2D eigenvalue weighted by atomic mass is 10.0. The van der Waals surface area contributed by atoms with E-state index in [0.717, 1.165) is 5.56 Å². The summed E-state index contributed by atoms with van der Waals surface area (Å²) in [6.45, 7) is 5.70. The van der Waals surface area contributed by atoms with Crippen molar-refractivity contribution in [2.75, 3.05) is 0 Å². The Bertz CT molecular complexity index is 675. The molecule has 0 bridgehead atoms. The number of amidine groups is 1. The van der Waals surface area contributed by atoms with Crippen molar-refractivity contribution in [2.24, 2.45) is 4.40 Å². The third kappa shape index (κ3) is 3.13. The fourth-order valence-electron chi connectivity index (χ4n) is 2.10. The molecule has 0 unspecified atom stereocenters. The molecule has 1 amide bonds. The highest BCUT2D eigenvalue weighted by Gasteiger charge is 2.44. The third-order valence-electron chi connectivity index (χ3n) is 3.59. The molecule has 0 saturated carbocycles. The van der Waals surface area contributed by atoms with Crippen molar-refractivity contribution in [1.82, 2.24) is 5.32 Å². The van der Waals surface area contributed by atoms with E-state index in [0.29, 0.717) is 12.8 Å². The summed E-state index contributed by atoms with van der Waals surface area (Å²) in [5, 5.41) is 2.74. The van der Waals surface area contributed by atoms with Crippen LogP contribution in [0.15, 0.2) is 33.6 Å². The fraction of sp³-hybridized carbons (Fsp3) is 0.429. The number of amides is 1. The lowest BCUT2D eigenvalue weighted by molar-refractivity contribution is -0.121. The minimum absolute atomic E-state index is 0.126. The Morgan fingerprint density at radius 2 is 1.76 bits per heavy atom. The molecule has 1 aliphatic rings. The SMILES string of the molecule is CCC1(CC)S/C(=N\S(=O)(=O)c2ccc(C)cc2)NC1=O. The molecule has 7 heteroatoms. The van der Waals surface area contributed by atoms with Gasteiger partial charge < -0.3 is 5.32 Å². The molecular formula is C14H18N2O3S2. The van der Waals surface area contributed by atoms with E-state index in [1.807, 2.05) is 20.8 Å². The van der Waals surface area contributed by atoms with Crippen molar-refractivity contribution in [3.05, 3.63) is 29.8 Å². The first-order valence-corrected chi connectivity index (χ1v) is 9.01. The van der Waals surface area contributed by atoms with Crippen LogP contribution in [0.1, 0.15) is 32.3 Å². The summed E-state index contributed by atoms with van der Waals surface area (Å²) in [6.07, 6.45) is 1.26. The number of benzene rings is 1. The average molecular weight is 326 g/mol. The molecule has 2 rings (SSSR count). The van der Waals surface area contributed by atoms with E-state index in [1.54, 1.807) is 12.1 Å². The minimum atomic E-state index is -3.80. The predicted octanol–water partition coefficient (Wildman–Crippen LogP) is 2.46. The van der Waals surface area contributed by atoms with Crippen molar-refractivity contribution in [3.63, 3.8) is 0 Å². The molecule has 21 heavy (non-hydrogen) atoms. The highest BCUT2D eigenvalue weighted by Crippen LogP contribution is 2.38. The number of sulfonamides is 1. The molecule has 1 aromatic rings. The van der Waals surface area contributed by atoms with Crippen molar-refractivity contribution in [2.45, 2.75) is 43.3 Å². The smallest absolute Gasteiger partial charge is 0.284 e. The number of thioether (sulfide) groups is 1. The van der Waals surface area contributed by atoms with Gasteiger partial charge >= 0.3 is 0 Å². The van der Waals surface area contributed by atoms with Gasteiger partial charge in [-0.15, -0.1) is 4.40 Å². The van der Waals surface area contributed by atoms with Gasteiger partial charge in [0, 0.05) is 0 Å². The van der Waals surface area contributed by atoms with Crippen LogP contribution in [0.2, 0.25) is 0 Å². The number of carbonyl (C=O) groups is 1. The molecule has 114 valence electrons. The predicted molar refractivity (Wildman–Crippen MR) is 84.8 cm³/mol. The summed E-state index contributed by atoms with van der Waals surface area (Å²) >= 11 is 1.20. The lowest BCUT2D eigenvalue weighted by Gasteiger charge is -2.19. The van der Waals surface area contributed by atoms with Crippen LogP contribution in [0, 0.1) is 6.92 Å². The van der Waals surface area contributed by atoms with Crippen LogP contribution in [0.3, 0.4) is 0 Å². The zero-order valence-electron chi connectivity index (χ0n) is 12.2. The number of carbonyl (C=O) groups excluding carboxylic acids is 1. The van der Waals surface area contributed by atoms with Gasteiger partial charge in [-0.05, 0) is 31.9 Å². The first-order valence-electron chi connectivity index (χ1n) is 6.75. The van der Waals surface area contributed by atoms with Gasteiger partial charge in [0.2, 0.25) is 5.91 Å². The van der Waals surface area contributed by atoms with Crippen molar-refractivity contribution < 1.29 is 13.2 Å². The van der Waals surface area contributed by atoms with Gasteiger partial charge in [0.1, 0.15) is 4.75 Å². The summed E-state index contributed by atoms with van der Waals surface area (Å²) in [6, 6.07) is 6.47. The second kappa shape index (κ2) is 5.81. The fourth-order valence-corrected chi connectivity index (χ4v) is 4.34. The van der Waals surface area contributed by atoms with Crippen LogP contribution >= 0.6 is 11.8 Å². The molecule has 0 aliphatic carbocycles. The van der Waals surface area contributed by atoms with Gasteiger partial charge in [-0.1, -0.05) is 43.3 Å². The van der Waals surface area contributed by atoms with E-state index in [2.05, 4.69) is 9.71 Å². The molecule has 5 nitrogen and oxygen atoms in total. The summed E-state index contributed by atoms with van der Waals surface area (Å²) in [5.74, 6) is -0.171. The second-order valence-electron chi connectivity index (χ2n) is 4.94. The molecular weight excluding hydrogens is 308 g/mol. The third-order valence-corrected chi connectivity index (χ3v) is 6.54. The highest BCUT2D eigenvalue weighted by molar-refractivity contribution is 8.16. The summed E-state index contributed by atoms with van der Waals surface area (Å²) in [7, 11) is -3.80. The number of rotatable bonds is 4. The maximum absolute atomic E-state index is 12.2. The molecule has 1 aliphatic heterocycles. The molecule has 0 spiro atoms. The number of nitrogens with zero attached hydrogens (tertiary/aromatic N) is 1. The summed E-state index contributed by atoms with van der Waals surface area (Å²) in [4.78, 5) is 12.2. The highest BCUT2D eigenvalue weighted by atomic mass is 32.2. The number of hydrogen-bond donors (Lipinski definition) is 1. The Balaban J connectivity index is 2.32. The standard InChI is InChI=1S/C14H18N2O3S2/c1-4-14(5-2)12(17)15-13(20-14)16-21(18,19)11-8-6-10(3)7-9-11/h6-9H,4-5H2,1-3H3,(H,15,16,17). The van der Waals surface area contributed by atoms with Crippen LogP contribution in [0.25, 0.3) is 0 Å². The largest absolute Gasteiger partial charge is 0.303 e. The Labute approximate surface area is 129 Å². The number of aryl methyl sites for hydroxylation is 1. The van der Waals surface area contributed by atoms with E-state index >= 15 is 0 Å². The van der Waals surface area contributed by atoms with Gasteiger partial charge in [0.15, 0.2) is 5.17 Å². The molecule has 1 heterocycles. The molecule has 1 fully saturated rings. The zero-order chi connectivity index (χ0) is 15.7. The normalized spacial score (nSPS) is 19.8. The van der Waals surface area contributed by atoms with Gasteiger partial charge in [-0.2, -0.15) is 8.42 Å². The summed E-state index contributed by atoms with van der Waals surface area (Å²) < 4.78 is 27.6. The van der Waals surface area contributed by atoms with Crippen LogP contribution in [-0.4, -0.2) is 24.2 Å². The maximum Gasteiger partial charge on any atom is 0.284 e. The molecule has 0 atom stereocenters. The molecule has 1 N–H and O–H groups in total. The van der Waals surface area contributed by atoms with Gasteiger partial charge in [-0.3, -0.25) is 4.79 Å². The second-order valence-corrected chi connectivity index (χ2v) is 7.92.